The van der Waals surface area contributed by atoms with Crippen molar-refractivity contribution in [3.8, 4) is 11.4 Å². The number of pyridine rings is 1. The molecule has 0 atom stereocenters. The Morgan fingerprint density at radius 3 is 2.61 bits per heavy atom. The van der Waals surface area contributed by atoms with Gasteiger partial charge in [-0.15, -0.1) is 10.2 Å². The average molecular weight is 457 g/mol. The molecule has 0 amide bonds. The third kappa shape index (κ3) is 4.23. The highest BCUT2D eigenvalue weighted by molar-refractivity contribution is 7.98. The lowest BCUT2D eigenvalue weighted by atomic mass is 10.2. The zero-order valence-electron chi connectivity index (χ0n) is 17.6. The molecule has 0 fully saturated rings. The first kappa shape index (κ1) is 21.5. The van der Waals surface area contributed by atoms with Gasteiger partial charge in [0.1, 0.15) is 5.65 Å². The summed E-state index contributed by atoms with van der Waals surface area (Å²) >= 11 is 1.54. The summed E-state index contributed by atoms with van der Waals surface area (Å²) in [5, 5.41) is 9.35. The van der Waals surface area contributed by atoms with Crippen molar-refractivity contribution in [1.29, 1.82) is 0 Å². The maximum Gasteiger partial charge on any atom is 0.243 e. The maximum absolute atomic E-state index is 12.9. The predicted molar refractivity (Wildman–Crippen MR) is 121 cm³/mol. The van der Waals surface area contributed by atoms with Gasteiger partial charge in [0.2, 0.25) is 10.0 Å². The minimum Gasteiger partial charge on any atom is -0.307 e. The van der Waals surface area contributed by atoms with E-state index in [-0.39, 0.29) is 4.90 Å². The van der Waals surface area contributed by atoms with Gasteiger partial charge in [-0.25, -0.2) is 13.4 Å². The fourth-order valence-corrected chi connectivity index (χ4v) is 5.69. The second-order valence-corrected chi connectivity index (χ2v) is 9.85. The predicted octanol–water partition coefficient (Wildman–Crippen LogP) is 3.45. The van der Waals surface area contributed by atoms with Gasteiger partial charge < -0.3 is 8.97 Å². The molecule has 0 aliphatic heterocycles. The molecule has 0 saturated carbocycles. The van der Waals surface area contributed by atoms with Crippen LogP contribution in [0.5, 0.6) is 0 Å². The number of rotatable bonds is 8. The summed E-state index contributed by atoms with van der Waals surface area (Å²) < 4.78 is 31.1. The highest BCUT2D eigenvalue weighted by atomic mass is 32.2. The highest BCUT2D eigenvalue weighted by Crippen LogP contribution is 2.27. The number of sulfonamides is 1. The number of benzene rings is 1. The summed E-state index contributed by atoms with van der Waals surface area (Å²) in [5.74, 6) is 1.28. The zero-order chi connectivity index (χ0) is 22.0. The Kier molecular flexibility index (Phi) is 6.12. The van der Waals surface area contributed by atoms with Gasteiger partial charge in [0, 0.05) is 43.8 Å². The largest absolute Gasteiger partial charge is 0.307 e. The lowest BCUT2D eigenvalue weighted by Gasteiger charge is -2.18. The van der Waals surface area contributed by atoms with Gasteiger partial charge in [-0.1, -0.05) is 43.8 Å². The summed E-state index contributed by atoms with van der Waals surface area (Å²) in [6.07, 6.45) is 3.97. The Morgan fingerprint density at radius 2 is 1.87 bits per heavy atom. The highest BCUT2D eigenvalue weighted by Gasteiger charge is 2.22. The van der Waals surface area contributed by atoms with Crippen molar-refractivity contribution in [2.45, 2.75) is 29.7 Å². The van der Waals surface area contributed by atoms with Crippen molar-refractivity contribution in [2.75, 3.05) is 13.1 Å². The molecule has 8 nitrogen and oxygen atoms in total. The number of fused-ring (bicyclic) bond motifs is 1. The smallest absolute Gasteiger partial charge is 0.243 e. The second kappa shape index (κ2) is 8.81. The van der Waals surface area contributed by atoms with Crippen LogP contribution in [0, 0.1) is 0 Å². The van der Waals surface area contributed by atoms with Crippen LogP contribution in [-0.4, -0.2) is 50.0 Å². The van der Waals surface area contributed by atoms with Gasteiger partial charge in [-0.05, 0) is 24.3 Å². The van der Waals surface area contributed by atoms with E-state index < -0.39 is 10.0 Å². The molecule has 3 aromatic heterocycles. The Morgan fingerprint density at radius 1 is 1.06 bits per heavy atom. The van der Waals surface area contributed by atoms with E-state index in [0.717, 1.165) is 16.5 Å². The fourth-order valence-electron chi connectivity index (χ4n) is 3.40. The van der Waals surface area contributed by atoms with Crippen LogP contribution >= 0.6 is 11.8 Å². The Hall–Kier alpha value is -2.69. The van der Waals surface area contributed by atoms with Crippen molar-refractivity contribution in [3.63, 3.8) is 0 Å². The van der Waals surface area contributed by atoms with Gasteiger partial charge in [0.15, 0.2) is 11.0 Å². The van der Waals surface area contributed by atoms with E-state index in [1.807, 2.05) is 66.5 Å². The maximum atomic E-state index is 12.9. The Labute approximate surface area is 186 Å². The first-order valence-corrected chi connectivity index (χ1v) is 12.4. The number of imidazole rings is 1. The monoisotopic (exact) mass is 456 g/mol. The number of thioether (sulfide) groups is 1. The topological polar surface area (TPSA) is 85.4 Å². The molecule has 0 saturated heterocycles. The van der Waals surface area contributed by atoms with E-state index in [9.17, 15) is 8.42 Å². The molecule has 0 unspecified atom stereocenters. The van der Waals surface area contributed by atoms with E-state index in [0.29, 0.717) is 30.2 Å². The summed E-state index contributed by atoms with van der Waals surface area (Å²) in [4.78, 5) is 4.87. The van der Waals surface area contributed by atoms with Crippen molar-refractivity contribution < 1.29 is 8.42 Å². The number of nitrogens with zero attached hydrogens (tertiary/aromatic N) is 6. The van der Waals surface area contributed by atoms with Crippen LogP contribution in [0.4, 0.5) is 0 Å². The van der Waals surface area contributed by atoms with Gasteiger partial charge in [-0.3, -0.25) is 0 Å². The molecule has 0 spiro atoms. The van der Waals surface area contributed by atoms with Gasteiger partial charge in [0.05, 0.1) is 10.6 Å². The third-order valence-corrected chi connectivity index (χ3v) is 8.13. The van der Waals surface area contributed by atoms with Crippen molar-refractivity contribution >= 4 is 27.4 Å². The standard InChI is InChI=1S/C21H24N6O2S2/c1-4-27(5-2)31(28,29)18-10-8-9-16(13-18)20-23-24-21(25(20)3)30-15-17-14-26-12-7-6-11-19(26)22-17/h6-14H,4-5,15H2,1-3H3. The van der Waals surface area contributed by atoms with Crippen LogP contribution in [0.1, 0.15) is 19.5 Å². The van der Waals surface area contributed by atoms with Gasteiger partial charge in [-0.2, -0.15) is 4.31 Å². The first-order chi connectivity index (χ1) is 14.9. The first-order valence-electron chi connectivity index (χ1n) is 9.99. The quantitative estimate of drug-likeness (QED) is 0.378. The van der Waals surface area contributed by atoms with Crippen LogP contribution < -0.4 is 0 Å². The van der Waals surface area contributed by atoms with E-state index in [1.165, 1.54) is 16.1 Å². The third-order valence-electron chi connectivity index (χ3n) is 5.03. The average Bonchev–Trinajstić information content (AvgIpc) is 3.36. The molecule has 0 aliphatic rings. The molecule has 1 aromatic carbocycles. The summed E-state index contributed by atoms with van der Waals surface area (Å²) in [5.41, 5.74) is 2.57. The van der Waals surface area contributed by atoms with E-state index in [4.69, 9.17) is 0 Å². The van der Waals surface area contributed by atoms with E-state index in [1.54, 1.807) is 18.2 Å². The zero-order valence-corrected chi connectivity index (χ0v) is 19.3. The minimum atomic E-state index is -3.54. The Bertz CT molecular complexity index is 1280. The van der Waals surface area contributed by atoms with E-state index in [2.05, 4.69) is 15.2 Å². The van der Waals surface area contributed by atoms with Crippen LogP contribution in [0.3, 0.4) is 0 Å². The molecule has 0 aliphatic carbocycles. The van der Waals surface area contributed by atoms with Crippen molar-refractivity contribution in [2.24, 2.45) is 7.05 Å². The van der Waals surface area contributed by atoms with E-state index >= 15 is 0 Å². The molecule has 4 aromatic rings. The van der Waals surface area contributed by atoms with Crippen LogP contribution in [0.25, 0.3) is 17.0 Å². The molecule has 4 rings (SSSR count). The number of aromatic nitrogens is 5. The molecule has 0 bridgehead atoms. The molecule has 0 N–H and O–H groups in total. The summed E-state index contributed by atoms with van der Waals surface area (Å²) in [6, 6.07) is 12.8. The lowest BCUT2D eigenvalue weighted by Crippen LogP contribution is -2.30. The molecular formula is C21H24N6O2S2. The fraction of sp³-hybridized carbons (Fsp3) is 0.286. The molecule has 3 heterocycles. The molecule has 0 radical (unpaired) electrons. The Balaban J connectivity index is 1.56. The lowest BCUT2D eigenvalue weighted by molar-refractivity contribution is 0.445. The number of hydrogen-bond acceptors (Lipinski definition) is 6. The number of hydrogen-bond donors (Lipinski definition) is 0. The van der Waals surface area contributed by atoms with Crippen LogP contribution in [-0.2, 0) is 22.8 Å². The van der Waals surface area contributed by atoms with Gasteiger partial charge >= 0.3 is 0 Å². The van der Waals surface area contributed by atoms with Crippen LogP contribution in [0.15, 0.2) is 64.9 Å². The summed E-state index contributed by atoms with van der Waals surface area (Å²) in [7, 11) is -1.65. The van der Waals surface area contributed by atoms with Crippen molar-refractivity contribution in [3.05, 3.63) is 60.6 Å². The van der Waals surface area contributed by atoms with Crippen molar-refractivity contribution in [1.82, 2.24) is 28.5 Å². The van der Waals surface area contributed by atoms with Gasteiger partial charge in [0.25, 0.3) is 0 Å². The van der Waals surface area contributed by atoms with Crippen LogP contribution in [0.2, 0.25) is 0 Å². The summed E-state index contributed by atoms with van der Waals surface area (Å²) in [6.45, 7) is 4.52. The second-order valence-electron chi connectivity index (χ2n) is 6.97. The molecule has 10 heteroatoms. The molecule has 31 heavy (non-hydrogen) atoms. The normalized spacial score (nSPS) is 12.1. The molecule has 162 valence electrons. The molecular weight excluding hydrogens is 432 g/mol. The SMILES string of the molecule is CCN(CC)S(=O)(=O)c1cccc(-c2nnc(SCc3cn4ccccc4n3)n2C)c1. The minimum absolute atomic E-state index is 0.260.